The molecule has 4 rings (SSSR count). The molecular weight excluding hydrogens is 478 g/mol. The highest BCUT2D eigenvalue weighted by Gasteiger charge is 2.40. The third kappa shape index (κ3) is 5.96. The van der Waals surface area contributed by atoms with Crippen molar-refractivity contribution in [1.82, 2.24) is 20.0 Å². The van der Waals surface area contributed by atoms with Crippen molar-refractivity contribution in [1.29, 1.82) is 0 Å². The molecule has 192 valence electrons. The summed E-state index contributed by atoms with van der Waals surface area (Å²) >= 11 is 0. The fourth-order valence-electron chi connectivity index (χ4n) is 4.45. The topological polar surface area (TPSA) is 71.4 Å². The number of likely N-dealkylation sites (tertiary alicyclic amines) is 1. The highest BCUT2D eigenvalue weighted by molar-refractivity contribution is 5.90. The quantitative estimate of drug-likeness (QED) is 0.450. The van der Waals surface area contributed by atoms with Crippen LogP contribution in [0.4, 0.5) is 28.2 Å². The number of nitrogens with one attached hydrogen (secondary N) is 2. The fraction of sp³-hybridized carbons (Fsp3) is 0.360. The SMILES string of the molecule is CCOc1nn(-c2ccccc2)c(NC(=O)N[C@H]2CN(CC(F)(F)F)CC2c2cccc(F)c2)c1C. The molecule has 1 aliphatic rings. The van der Waals surface area contributed by atoms with E-state index in [-0.39, 0.29) is 13.1 Å². The van der Waals surface area contributed by atoms with Crippen molar-refractivity contribution in [2.24, 2.45) is 0 Å². The Bertz CT molecular complexity index is 1200. The number of para-hydroxylation sites is 1. The molecule has 36 heavy (non-hydrogen) atoms. The third-order valence-corrected chi connectivity index (χ3v) is 5.98. The van der Waals surface area contributed by atoms with Gasteiger partial charge in [-0.15, -0.1) is 5.10 Å². The van der Waals surface area contributed by atoms with E-state index in [2.05, 4.69) is 15.7 Å². The van der Waals surface area contributed by atoms with Gasteiger partial charge in [0.05, 0.1) is 30.4 Å². The lowest BCUT2D eigenvalue weighted by Crippen LogP contribution is -2.43. The summed E-state index contributed by atoms with van der Waals surface area (Å²) in [6.07, 6.45) is -4.39. The Hall–Kier alpha value is -3.60. The minimum atomic E-state index is -4.39. The van der Waals surface area contributed by atoms with Gasteiger partial charge in [0.1, 0.15) is 11.6 Å². The summed E-state index contributed by atoms with van der Waals surface area (Å²) < 4.78 is 60.2. The normalized spacial score (nSPS) is 18.3. The van der Waals surface area contributed by atoms with Gasteiger partial charge >= 0.3 is 12.2 Å². The van der Waals surface area contributed by atoms with Crippen molar-refractivity contribution < 1.29 is 27.1 Å². The molecule has 1 saturated heterocycles. The van der Waals surface area contributed by atoms with Crippen molar-refractivity contribution in [2.75, 3.05) is 31.6 Å². The van der Waals surface area contributed by atoms with Gasteiger partial charge in [-0.3, -0.25) is 10.2 Å². The number of rotatable bonds is 7. The second-order valence-electron chi connectivity index (χ2n) is 8.63. The Labute approximate surface area is 206 Å². The van der Waals surface area contributed by atoms with Crippen molar-refractivity contribution in [3.8, 4) is 11.6 Å². The van der Waals surface area contributed by atoms with Gasteiger partial charge in [0.15, 0.2) is 0 Å². The van der Waals surface area contributed by atoms with E-state index in [0.717, 1.165) is 0 Å². The predicted molar refractivity (Wildman–Crippen MR) is 127 cm³/mol. The molecule has 0 radical (unpaired) electrons. The number of ether oxygens (including phenoxy) is 1. The zero-order valence-electron chi connectivity index (χ0n) is 19.8. The van der Waals surface area contributed by atoms with Gasteiger partial charge in [-0.25, -0.2) is 13.9 Å². The Balaban J connectivity index is 1.57. The zero-order valence-corrected chi connectivity index (χ0v) is 19.8. The van der Waals surface area contributed by atoms with Crippen LogP contribution in [0.5, 0.6) is 5.88 Å². The molecule has 1 fully saturated rings. The van der Waals surface area contributed by atoms with Crippen LogP contribution in [0.15, 0.2) is 54.6 Å². The van der Waals surface area contributed by atoms with Crippen LogP contribution < -0.4 is 15.4 Å². The largest absolute Gasteiger partial charge is 0.477 e. The van der Waals surface area contributed by atoms with Crippen molar-refractivity contribution in [3.63, 3.8) is 0 Å². The number of benzene rings is 2. The summed E-state index contributed by atoms with van der Waals surface area (Å²) in [5.41, 5.74) is 1.81. The molecule has 2 heterocycles. The van der Waals surface area contributed by atoms with Crippen LogP contribution in [0.1, 0.15) is 24.0 Å². The average molecular weight is 506 g/mol. The maximum absolute atomic E-state index is 13.9. The molecule has 2 N–H and O–H groups in total. The monoisotopic (exact) mass is 505 g/mol. The number of nitrogens with zero attached hydrogens (tertiary/aromatic N) is 3. The average Bonchev–Trinajstić information content (AvgIpc) is 3.34. The fourth-order valence-corrected chi connectivity index (χ4v) is 4.45. The molecule has 1 aliphatic heterocycles. The Kier molecular flexibility index (Phi) is 7.48. The second-order valence-corrected chi connectivity index (χ2v) is 8.63. The molecule has 0 saturated carbocycles. The van der Waals surface area contributed by atoms with E-state index in [1.54, 1.807) is 13.0 Å². The van der Waals surface area contributed by atoms with Gasteiger partial charge in [0.25, 0.3) is 0 Å². The molecule has 2 amide bonds. The molecule has 0 aliphatic carbocycles. The predicted octanol–water partition coefficient (Wildman–Crippen LogP) is 4.87. The molecule has 2 aromatic carbocycles. The molecule has 1 unspecified atom stereocenters. The van der Waals surface area contributed by atoms with Gasteiger partial charge in [0.2, 0.25) is 5.88 Å². The highest BCUT2D eigenvalue weighted by atomic mass is 19.4. The molecule has 2 atom stereocenters. The summed E-state index contributed by atoms with van der Waals surface area (Å²) in [5, 5.41) is 10.0. The molecule has 11 heteroatoms. The van der Waals surface area contributed by atoms with E-state index >= 15 is 0 Å². The number of amides is 2. The first-order valence-corrected chi connectivity index (χ1v) is 11.5. The molecule has 7 nitrogen and oxygen atoms in total. The van der Waals surface area contributed by atoms with E-state index in [0.29, 0.717) is 35.1 Å². The number of anilines is 1. The summed E-state index contributed by atoms with van der Waals surface area (Å²) in [5.74, 6) is -0.287. The van der Waals surface area contributed by atoms with Crippen LogP contribution >= 0.6 is 0 Å². The molecule has 3 aromatic rings. The van der Waals surface area contributed by atoms with Crippen molar-refractivity contribution >= 4 is 11.8 Å². The summed E-state index contributed by atoms with van der Waals surface area (Å²) in [6.45, 7) is 2.84. The molecular formula is C25H27F4N5O2. The minimum Gasteiger partial charge on any atom is -0.477 e. The maximum atomic E-state index is 13.9. The number of hydrogen-bond acceptors (Lipinski definition) is 4. The van der Waals surface area contributed by atoms with Gasteiger partial charge in [-0.1, -0.05) is 30.3 Å². The number of urea groups is 1. The standard InChI is InChI=1S/C25H27F4N5O2/c1-3-36-23-16(2)22(34(32-23)19-10-5-4-6-11-19)31-24(35)30-21-14-33(15-25(27,28)29)13-20(21)17-8-7-9-18(26)12-17/h4-12,20-21H,3,13-15H2,1-2H3,(H2,30,31,35)/t20?,21-/m0/s1. The number of halogens is 4. The van der Waals surface area contributed by atoms with Crippen molar-refractivity contribution in [3.05, 3.63) is 71.5 Å². The highest BCUT2D eigenvalue weighted by Crippen LogP contribution is 2.32. The van der Waals surface area contributed by atoms with Crippen molar-refractivity contribution in [2.45, 2.75) is 32.0 Å². The lowest BCUT2D eigenvalue weighted by atomic mass is 9.94. The van der Waals surface area contributed by atoms with Gasteiger partial charge in [-0.2, -0.15) is 13.2 Å². The Morgan fingerprint density at radius 3 is 2.56 bits per heavy atom. The van der Waals surface area contributed by atoms with Crippen LogP contribution in [0.3, 0.4) is 0 Å². The Morgan fingerprint density at radius 2 is 1.89 bits per heavy atom. The van der Waals surface area contributed by atoms with Gasteiger partial charge in [-0.05, 0) is 43.7 Å². The maximum Gasteiger partial charge on any atom is 0.401 e. The van der Waals surface area contributed by atoms with Crippen LogP contribution in [0.2, 0.25) is 0 Å². The number of hydrogen-bond donors (Lipinski definition) is 2. The van der Waals surface area contributed by atoms with Crippen LogP contribution in [0, 0.1) is 12.7 Å². The van der Waals surface area contributed by atoms with Crippen LogP contribution in [-0.2, 0) is 0 Å². The van der Waals surface area contributed by atoms with E-state index in [1.165, 1.54) is 27.8 Å². The van der Waals surface area contributed by atoms with E-state index in [4.69, 9.17) is 4.74 Å². The lowest BCUT2D eigenvalue weighted by molar-refractivity contribution is -0.143. The smallest absolute Gasteiger partial charge is 0.401 e. The van der Waals surface area contributed by atoms with Gasteiger partial charge < -0.3 is 10.1 Å². The Morgan fingerprint density at radius 1 is 1.14 bits per heavy atom. The molecule has 1 aromatic heterocycles. The first kappa shape index (κ1) is 25.5. The minimum absolute atomic E-state index is 0.0311. The summed E-state index contributed by atoms with van der Waals surface area (Å²) in [7, 11) is 0. The van der Waals surface area contributed by atoms with E-state index < -0.39 is 36.5 Å². The second kappa shape index (κ2) is 10.6. The van der Waals surface area contributed by atoms with Gasteiger partial charge in [0, 0.05) is 19.0 Å². The van der Waals surface area contributed by atoms with E-state index in [1.807, 2.05) is 37.3 Å². The summed E-state index contributed by atoms with van der Waals surface area (Å²) in [6, 6.07) is 13.6. The first-order valence-electron chi connectivity index (χ1n) is 11.5. The summed E-state index contributed by atoms with van der Waals surface area (Å²) in [4.78, 5) is 14.3. The molecule has 0 spiro atoms. The zero-order chi connectivity index (χ0) is 25.9. The van der Waals surface area contributed by atoms with E-state index in [9.17, 15) is 22.4 Å². The first-order chi connectivity index (χ1) is 17.1. The number of aromatic nitrogens is 2. The third-order valence-electron chi connectivity index (χ3n) is 5.98. The number of alkyl halides is 3. The number of carbonyl (C=O) groups is 1. The molecule has 0 bridgehead atoms. The number of carbonyl (C=O) groups excluding carboxylic acids is 1. The van der Waals surface area contributed by atoms with Crippen LogP contribution in [0.25, 0.3) is 5.69 Å². The van der Waals surface area contributed by atoms with Crippen LogP contribution in [-0.4, -0.2) is 59.2 Å². The lowest BCUT2D eigenvalue weighted by Gasteiger charge is -2.21.